The third-order valence-corrected chi connectivity index (χ3v) is 19.6. The van der Waals surface area contributed by atoms with E-state index >= 15 is 0 Å². The van der Waals surface area contributed by atoms with Gasteiger partial charge in [0.05, 0.1) is 0 Å². The van der Waals surface area contributed by atoms with E-state index in [1.54, 1.807) is 0 Å². The molecule has 0 aliphatic carbocycles. The fourth-order valence-corrected chi connectivity index (χ4v) is 19.5. The van der Waals surface area contributed by atoms with Crippen LogP contribution in [0.2, 0.25) is 36.3 Å². The Labute approximate surface area is 161 Å². The summed E-state index contributed by atoms with van der Waals surface area (Å²) in [4.78, 5) is 0. The Morgan fingerprint density at radius 2 is 0.720 bits per heavy atom. The van der Waals surface area contributed by atoms with Crippen molar-refractivity contribution < 1.29 is 28.2 Å². The van der Waals surface area contributed by atoms with Crippen molar-refractivity contribution in [3.63, 3.8) is 0 Å². The Morgan fingerprint density at radius 3 is 0.880 bits per heavy atom. The first kappa shape index (κ1) is 25.5. The van der Waals surface area contributed by atoms with Gasteiger partial charge in [-0.25, -0.2) is 0 Å². The first-order valence-corrected chi connectivity index (χ1v) is 17.6. The molecule has 0 N–H and O–H groups in total. The van der Waals surface area contributed by atoms with Crippen LogP contribution in [0.15, 0.2) is 0 Å². The van der Waals surface area contributed by atoms with Gasteiger partial charge in [-0.3, -0.25) is 0 Å². The number of hydrogen-bond donors (Lipinski definition) is 0. The van der Waals surface area contributed by atoms with Gasteiger partial charge >= 0.3 is 161 Å². The summed E-state index contributed by atoms with van der Waals surface area (Å²) in [5.74, 6) is 0. The van der Waals surface area contributed by atoms with Crippen LogP contribution in [-0.4, -0.2) is 16.6 Å². The molecule has 0 aromatic carbocycles. The summed E-state index contributed by atoms with van der Waals surface area (Å²) in [6, 6.07) is 5.53. The Kier molecular flexibility index (Phi) is 13.0. The maximum atomic E-state index is 13.0. The Balaban J connectivity index is 5.52. The summed E-state index contributed by atoms with van der Waals surface area (Å²) < 4.78 is 38.1. The summed E-state index contributed by atoms with van der Waals surface area (Å²) in [5, 5.41) is 0. The van der Waals surface area contributed by atoms with E-state index in [-0.39, 0.29) is 0 Å². The van der Waals surface area contributed by atoms with E-state index in [9.17, 15) is 7.61 Å². The van der Waals surface area contributed by atoms with Crippen LogP contribution in [0.25, 0.3) is 0 Å². The number of hydrogen-bond acceptors (Lipinski definition) is 4. The fraction of sp³-hybridized carbons (Fsp3) is 1.00. The van der Waals surface area contributed by atoms with Crippen LogP contribution in [0, 0.1) is 0 Å². The number of rotatable bonds is 16. The van der Waals surface area contributed by atoms with Crippen molar-refractivity contribution >= 4 is 16.6 Å². The quantitative estimate of drug-likeness (QED) is 0.246. The molecule has 0 aromatic rings. The standard InChI is InChI=1S/2C9H21OSi.Cr.2O/c2*1-4-7-11(10,8-5-2)9-6-3;;;/h2*4-9H2,1-3H3;;;/q2*-1;+2;;. The summed E-state index contributed by atoms with van der Waals surface area (Å²) in [7, 11) is -4.52. The molecule has 0 amide bonds. The van der Waals surface area contributed by atoms with Gasteiger partial charge in [-0.15, -0.1) is 0 Å². The van der Waals surface area contributed by atoms with Gasteiger partial charge in [0.25, 0.3) is 0 Å². The normalized spacial score (nSPS) is 13.4. The van der Waals surface area contributed by atoms with E-state index in [2.05, 4.69) is 41.5 Å². The van der Waals surface area contributed by atoms with Gasteiger partial charge < -0.3 is 0 Å². The molecule has 0 radical (unpaired) electrons. The van der Waals surface area contributed by atoms with Gasteiger partial charge in [-0.1, -0.05) is 0 Å². The van der Waals surface area contributed by atoms with E-state index in [1.807, 2.05) is 0 Å². The van der Waals surface area contributed by atoms with E-state index in [0.717, 1.165) is 74.8 Å². The van der Waals surface area contributed by atoms with Crippen LogP contribution in [0.3, 0.4) is 0 Å². The zero-order chi connectivity index (χ0) is 19.4. The van der Waals surface area contributed by atoms with E-state index in [4.69, 9.17) is 6.96 Å². The fourth-order valence-electron chi connectivity index (χ4n) is 4.18. The van der Waals surface area contributed by atoms with Crippen LogP contribution in [-0.2, 0) is 28.2 Å². The van der Waals surface area contributed by atoms with Crippen molar-refractivity contribution in [3.8, 4) is 0 Å². The van der Waals surface area contributed by atoms with E-state index in [0.29, 0.717) is 0 Å². The van der Waals surface area contributed by atoms with Crippen molar-refractivity contribution in [3.05, 3.63) is 0 Å². The minimum atomic E-state index is -4.78. The molecule has 0 saturated heterocycles. The predicted octanol–water partition coefficient (Wildman–Crippen LogP) is 7.05. The van der Waals surface area contributed by atoms with Crippen molar-refractivity contribution in [1.82, 2.24) is 0 Å². The average Bonchev–Trinajstić information content (AvgIpc) is 2.47. The minimum absolute atomic E-state index is 0.922. The molecular weight excluding hydrogens is 388 g/mol. The SMILES string of the molecule is CCC[Si](CCC)(CCC)[O][Cr](=[O])(=[O])[O][Si](CCC)(CCC)CCC. The van der Waals surface area contributed by atoms with Crippen molar-refractivity contribution in [2.24, 2.45) is 0 Å². The van der Waals surface area contributed by atoms with Crippen molar-refractivity contribution in [2.45, 2.75) is 116 Å². The van der Waals surface area contributed by atoms with Crippen molar-refractivity contribution in [1.29, 1.82) is 0 Å². The third-order valence-electron chi connectivity index (χ3n) is 4.79. The molecule has 25 heavy (non-hydrogen) atoms. The van der Waals surface area contributed by atoms with Crippen LogP contribution >= 0.6 is 0 Å². The topological polar surface area (TPSA) is 52.6 Å². The second-order valence-corrected chi connectivity index (χ2v) is 18.3. The molecule has 0 aliphatic rings. The summed E-state index contributed by atoms with van der Waals surface area (Å²) >= 11 is -4.78. The maximum absolute atomic E-state index is 13.0. The molecular formula is C18H42CrO4Si2. The zero-order valence-electron chi connectivity index (χ0n) is 17.5. The van der Waals surface area contributed by atoms with Crippen LogP contribution in [0.4, 0.5) is 0 Å². The third kappa shape index (κ3) is 9.30. The summed E-state index contributed by atoms with van der Waals surface area (Å²) in [6.07, 6.45) is 5.92. The van der Waals surface area contributed by atoms with Gasteiger partial charge in [0.15, 0.2) is 0 Å². The van der Waals surface area contributed by atoms with Crippen molar-refractivity contribution in [2.75, 3.05) is 0 Å². The molecule has 4 nitrogen and oxygen atoms in total. The van der Waals surface area contributed by atoms with Crippen LogP contribution in [0.5, 0.6) is 0 Å². The predicted molar refractivity (Wildman–Crippen MR) is 106 cm³/mol. The van der Waals surface area contributed by atoms with Gasteiger partial charge in [0.1, 0.15) is 0 Å². The molecule has 0 aliphatic heterocycles. The Morgan fingerprint density at radius 1 is 0.520 bits per heavy atom. The molecule has 0 bridgehead atoms. The zero-order valence-corrected chi connectivity index (χ0v) is 20.8. The Bertz CT molecular complexity index is 372. The molecule has 0 fully saturated rings. The molecule has 0 unspecified atom stereocenters. The van der Waals surface area contributed by atoms with Crippen LogP contribution in [0.1, 0.15) is 80.1 Å². The molecule has 0 rings (SSSR count). The molecule has 0 aromatic heterocycles. The molecule has 7 heteroatoms. The Hall–Kier alpha value is 0.486. The summed E-state index contributed by atoms with van der Waals surface area (Å²) in [5.41, 5.74) is 0. The monoisotopic (exact) mass is 430 g/mol. The first-order valence-electron chi connectivity index (χ1n) is 10.4. The van der Waals surface area contributed by atoms with Gasteiger partial charge in [-0.05, 0) is 0 Å². The van der Waals surface area contributed by atoms with Gasteiger partial charge in [-0.2, -0.15) is 0 Å². The second kappa shape index (κ2) is 12.8. The molecule has 0 spiro atoms. The van der Waals surface area contributed by atoms with Gasteiger partial charge in [0.2, 0.25) is 0 Å². The van der Waals surface area contributed by atoms with E-state index in [1.165, 1.54) is 0 Å². The van der Waals surface area contributed by atoms with Gasteiger partial charge in [0, 0.05) is 0 Å². The van der Waals surface area contributed by atoms with E-state index < -0.39 is 30.2 Å². The van der Waals surface area contributed by atoms with Crippen LogP contribution < -0.4 is 0 Å². The summed E-state index contributed by atoms with van der Waals surface area (Å²) in [6.45, 7) is 12.8. The molecule has 0 saturated carbocycles. The average molecular weight is 431 g/mol. The molecule has 152 valence electrons. The first-order chi connectivity index (χ1) is 11.8. The molecule has 0 heterocycles. The second-order valence-electron chi connectivity index (χ2n) is 7.44. The molecule has 0 atom stereocenters.